The Balaban J connectivity index is 0.00000196. The minimum Gasteiger partial charge on any atom is -0.491 e. The fraction of sp³-hybridized carbons (Fsp3) is 0.263. The molecule has 26 heavy (non-hydrogen) atoms. The molecule has 4 rings (SSSR count). The molecule has 1 atom stereocenters. The van der Waals surface area contributed by atoms with Crippen LogP contribution >= 0.6 is 12.4 Å². The second kappa shape index (κ2) is 7.70. The Morgan fingerprint density at radius 1 is 1.08 bits per heavy atom. The van der Waals surface area contributed by atoms with Crippen molar-refractivity contribution < 1.29 is 13.2 Å². The highest BCUT2D eigenvalue weighted by molar-refractivity contribution is 7.90. The standard InChI is InChI=1S/C19H20N2O3S.ClH/c22-25(23,16-7-2-1-3-8-16)21-13-11-17-18(21)9-4-10-19(17)24-14-15-6-5-12-20-15;/h1-4,7-11,13,15,20H,5-6,12,14H2;1H/t15-;/m1./s1. The van der Waals surface area contributed by atoms with Gasteiger partial charge in [-0.25, -0.2) is 12.4 Å². The van der Waals surface area contributed by atoms with Gasteiger partial charge in [-0.1, -0.05) is 24.3 Å². The molecule has 0 saturated carbocycles. The molecule has 5 nitrogen and oxygen atoms in total. The van der Waals surface area contributed by atoms with E-state index in [4.69, 9.17) is 4.74 Å². The van der Waals surface area contributed by atoms with Gasteiger partial charge >= 0.3 is 0 Å². The van der Waals surface area contributed by atoms with E-state index < -0.39 is 10.0 Å². The van der Waals surface area contributed by atoms with Crippen LogP contribution in [0.25, 0.3) is 10.9 Å². The summed E-state index contributed by atoms with van der Waals surface area (Å²) in [6, 6.07) is 16.1. The molecule has 0 bridgehead atoms. The lowest BCUT2D eigenvalue weighted by Gasteiger charge is -2.13. The van der Waals surface area contributed by atoms with Crippen molar-refractivity contribution in [2.45, 2.75) is 23.8 Å². The van der Waals surface area contributed by atoms with Gasteiger partial charge in [0.1, 0.15) is 12.4 Å². The first-order valence-electron chi connectivity index (χ1n) is 8.43. The van der Waals surface area contributed by atoms with E-state index in [1.807, 2.05) is 12.1 Å². The summed E-state index contributed by atoms with van der Waals surface area (Å²) in [6.45, 7) is 1.62. The van der Waals surface area contributed by atoms with Crippen LogP contribution in [0.2, 0.25) is 0 Å². The molecule has 0 radical (unpaired) electrons. The average Bonchev–Trinajstić information content (AvgIpc) is 3.30. The molecule has 1 aliphatic heterocycles. The molecule has 1 fully saturated rings. The number of fused-ring (bicyclic) bond motifs is 1. The van der Waals surface area contributed by atoms with Crippen molar-refractivity contribution in [3.05, 3.63) is 60.8 Å². The van der Waals surface area contributed by atoms with Crippen LogP contribution in [0.15, 0.2) is 65.7 Å². The third-order valence-corrected chi connectivity index (χ3v) is 6.26. The summed E-state index contributed by atoms with van der Waals surface area (Å²) in [6.07, 6.45) is 3.87. The first-order valence-corrected chi connectivity index (χ1v) is 9.87. The summed E-state index contributed by atoms with van der Waals surface area (Å²) in [4.78, 5) is 0.272. The van der Waals surface area contributed by atoms with E-state index in [1.54, 1.807) is 48.7 Å². The van der Waals surface area contributed by atoms with Crippen molar-refractivity contribution in [2.75, 3.05) is 13.2 Å². The van der Waals surface area contributed by atoms with Crippen molar-refractivity contribution in [1.82, 2.24) is 9.29 Å². The number of hydrogen-bond donors (Lipinski definition) is 1. The number of ether oxygens (including phenoxy) is 1. The molecule has 1 aromatic heterocycles. The summed E-state index contributed by atoms with van der Waals surface area (Å²) in [5.41, 5.74) is 0.626. The molecule has 3 aromatic rings. The normalized spacial score (nSPS) is 17.2. The maximum Gasteiger partial charge on any atom is 0.268 e. The number of aromatic nitrogens is 1. The first-order chi connectivity index (χ1) is 12.2. The maximum absolute atomic E-state index is 12.9. The zero-order chi connectivity index (χ0) is 17.3. The van der Waals surface area contributed by atoms with Crippen LogP contribution in [0, 0.1) is 0 Å². The highest BCUT2D eigenvalue weighted by Crippen LogP contribution is 2.29. The minimum absolute atomic E-state index is 0. The third-order valence-electron chi connectivity index (χ3n) is 4.56. The Morgan fingerprint density at radius 3 is 2.62 bits per heavy atom. The van der Waals surface area contributed by atoms with Gasteiger partial charge in [-0.15, -0.1) is 12.4 Å². The van der Waals surface area contributed by atoms with Gasteiger partial charge in [-0.2, -0.15) is 0 Å². The second-order valence-electron chi connectivity index (χ2n) is 6.22. The van der Waals surface area contributed by atoms with Crippen LogP contribution in [0.5, 0.6) is 5.75 Å². The van der Waals surface area contributed by atoms with Gasteiger partial charge in [-0.3, -0.25) is 0 Å². The van der Waals surface area contributed by atoms with Crippen molar-refractivity contribution in [3.63, 3.8) is 0 Å². The molecular formula is C19H21ClN2O3S. The Hall–Kier alpha value is -2.02. The molecule has 1 N–H and O–H groups in total. The molecule has 0 amide bonds. The van der Waals surface area contributed by atoms with Crippen molar-refractivity contribution in [1.29, 1.82) is 0 Å². The van der Waals surface area contributed by atoms with Gasteiger partial charge in [0, 0.05) is 17.6 Å². The van der Waals surface area contributed by atoms with Gasteiger partial charge in [0.25, 0.3) is 10.0 Å². The lowest BCUT2D eigenvalue weighted by molar-refractivity contribution is 0.280. The summed E-state index contributed by atoms with van der Waals surface area (Å²) >= 11 is 0. The number of benzene rings is 2. The first kappa shape index (κ1) is 18.8. The summed E-state index contributed by atoms with van der Waals surface area (Å²) in [7, 11) is -3.62. The number of nitrogens with zero attached hydrogens (tertiary/aromatic N) is 1. The third kappa shape index (κ3) is 3.45. The second-order valence-corrected chi connectivity index (χ2v) is 8.04. The van der Waals surface area contributed by atoms with E-state index in [1.165, 1.54) is 10.4 Å². The Bertz CT molecular complexity index is 980. The molecule has 7 heteroatoms. The highest BCUT2D eigenvalue weighted by atomic mass is 35.5. The van der Waals surface area contributed by atoms with Gasteiger partial charge in [-0.05, 0) is 49.7 Å². The molecule has 2 heterocycles. The highest BCUT2D eigenvalue weighted by Gasteiger charge is 2.20. The van der Waals surface area contributed by atoms with Gasteiger partial charge in [0.2, 0.25) is 0 Å². The summed E-state index contributed by atoms with van der Waals surface area (Å²) in [5.74, 6) is 0.716. The Kier molecular flexibility index (Phi) is 5.55. The summed E-state index contributed by atoms with van der Waals surface area (Å²) in [5, 5.41) is 4.21. The SMILES string of the molecule is Cl.O=S(=O)(c1ccccc1)n1ccc2c(OC[C@H]3CCCN3)cccc21. The lowest BCUT2D eigenvalue weighted by atomic mass is 10.2. The van der Waals surface area contributed by atoms with Crippen LogP contribution in [0.4, 0.5) is 0 Å². The number of nitrogens with one attached hydrogen (secondary N) is 1. The quantitative estimate of drug-likeness (QED) is 0.722. The monoisotopic (exact) mass is 392 g/mol. The van der Waals surface area contributed by atoms with Crippen LogP contribution < -0.4 is 10.1 Å². The van der Waals surface area contributed by atoms with E-state index in [-0.39, 0.29) is 17.3 Å². The predicted molar refractivity (Wildman–Crippen MR) is 105 cm³/mol. The van der Waals surface area contributed by atoms with E-state index in [0.717, 1.165) is 18.4 Å². The van der Waals surface area contributed by atoms with Crippen LogP contribution in [-0.2, 0) is 10.0 Å². The molecule has 0 unspecified atom stereocenters. The van der Waals surface area contributed by atoms with Crippen LogP contribution in [0.3, 0.4) is 0 Å². The van der Waals surface area contributed by atoms with E-state index in [0.29, 0.717) is 23.9 Å². The summed E-state index contributed by atoms with van der Waals surface area (Å²) < 4.78 is 33.1. The number of halogens is 1. The zero-order valence-corrected chi connectivity index (χ0v) is 15.8. The van der Waals surface area contributed by atoms with Crippen molar-refractivity contribution >= 4 is 33.3 Å². The molecule has 138 valence electrons. The molecule has 1 saturated heterocycles. The molecule has 1 aliphatic rings. The minimum atomic E-state index is -3.62. The van der Waals surface area contributed by atoms with E-state index in [2.05, 4.69) is 5.32 Å². The zero-order valence-electron chi connectivity index (χ0n) is 14.2. The maximum atomic E-state index is 12.9. The molecule has 0 spiro atoms. The average molecular weight is 393 g/mol. The van der Waals surface area contributed by atoms with E-state index in [9.17, 15) is 8.42 Å². The van der Waals surface area contributed by atoms with Gasteiger partial charge in [0.15, 0.2) is 0 Å². The number of rotatable bonds is 5. The van der Waals surface area contributed by atoms with Gasteiger partial charge < -0.3 is 10.1 Å². The topological polar surface area (TPSA) is 60.3 Å². The van der Waals surface area contributed by atoms with Crippen molar-refractivity contribution in [2.24, 2.45) is 0 Å². The molecule has 0 aliphatic carbocycles. The van der Waals surface area contributed by atoms with Crippen molar-refractivity contribution in [3.8, 4) is 5.75 Å². The van der Waals surface area contributed by atoms with E-state index >= 15 is 0 Å². The molecule has 2 aromatic carbocycles. The fourth-order valence-corrected chi connectivity index (χ4v) is 4.61. The lowest BCUT2D eigenvalue weighted by Crippen LogP contribution is -2.28. The largest absolute Gasteiger partial charge is 0.491 e. The predicted octanol–water partition coefficient (Wildman–Crippen LogP) is 3.43. The number of hydrogen-bond acceptors (Lipinski definition) is 4. The van der Waals surface area contributed by atoms with Crippen LogP contribution in [0.1, 0.15) is 12.8 Å². The van der Waals surface area contributed by atoms with Gasteiger partial charge in [0.05, 0.1) is 10.4 Å². The Labute approximate surface area is 159 Å². The van der Waals surface area contributed by atoms with Crippen LogP contribution in [-0.4, -0.2) is 31.6 Å². The fourth-order valence-electron chi connectivity index (χ4n) is 3.25. The Morgan fingerprint density at radius 2 is 1.88 bits per heavy atom. The smallest absolute Gasteiger partial charge is 0.268 e. The molecular weight excluding hydrogens is 372 g/mol.